The zero-order chi connectivity index (χ0) is 14.8. The number of Topliss-reactive ketones (excluding diaryl/α,β-unsaturated/α-hetero) is 1. The molecule has 3 saturated carbocycles. The van der Waals surface area contributed by atoms with E-state index in [4.69, 9.17) is 22.1 Å². The molecule has 4 aliphatic rings. The number of amides is 1. The zero-order valence-electron chi connectivity index (χ0n) is 11.3. The van der Waals surface area contributed by atoms with Gasteiger partial charge in [0.25, 0.3) is 5.91 Å². The Balaban J connectivity index is 1.49. The summed E-state index contributed by atoms with van der Waals surface area (Å²) in [4.78, 5) is 24.4. The number of fused-ring (bicyclic) bond motifs is 1. The number of benzene rings is 1. The third kappa shape index (κ3) is 1.95. The van der Waals surface area contributed by atoms with Crippen molar-refractivity contribution in [2.45, 2.75) is 42.9 Å². The molecule has 0 radical (unpaired) electrons. The maximum Gasteiger partial charge on any atom is 0.261 e. The maximum atomic E-state index is 12.3. The smallest absolute Gasteiger partial charge is 0.261 e. The summed E-state index contributed by atoms with van der Waals surface area (Å²) in [6.07, 6.45) is 1.73. The summed E-state index contributed by atoms with van der Waals surface area (Å²) in [5, 5.41) is 3.48. The largest absolute Gasteiger partial charge is 0.479 e. The Morgan fingerprint density at radius 1 is 1.38 bits per heavy atom. The lowest BCUT2D eigenvalue weighted by Gasteiger charge is -2.68. The van der Waals surface area contributed by atoms with Crippen molar-refractivity contribution < 1.29 is 14.3 Å². The van der Waals surface area contributed by atoms with E-state index in [1.165, 1.54) is 0 Å². The van der Waals surface area contributed by atoms with Crippen molar-refractivity contribution in [1.82, 2.24) is 5.32 Å². The second-order valence-electron chi connectivity index (χ2n) is 6.54. The molecule has 1 amide bonds. The Bertz CT molecular complexity index is 653. The molecule has 110 valence electrons. The molecule has 1 unspecified atom stereocenters. The van der Waals surface area contributed by atoms with Crippen LogP contribution in [-0.4, -0.2) is 28.9 Å². The van der Waals surface area contributed by atoms with Crippen LogP contribution >= 0.6 is 11.6 Å². The summed E-state index contributed by atoms with van der Waals surface area (Å²) in [6.45, 7) is 0. The molecule has 1 aliphatic heterocycles. The first-order chi connectivity index (χ1) is 9.88. The number of carbonyl (C=O) groups is 2. The molecule has 0 spiro atoms. The maximum absolute atomic E-state index is 12.3. The number of hydrogen-bond donors (Lipinski definition) is 2. The normalized spacial score (nSPS) is 35.9. The minimum Gasteiger partial charge on any atom is -0.479 e. The second kappa shape index (κ2) is 3.99. The average Bonchev–Trinajstić information content (AvgIpc) is 2.36. The molecule has 2 bridgehead atoms. The van der Waals surface area contributed by atoms with Crippen LogP contribution in [0.15, 0.2) is 18.2 Å². The fourth-order valence-electron chi connectivity index (χ4n) is 3.78. The van der Waals surface area contributed by atoms with E-state index in [9.17, 15) is 9.59 Å². The topological polar surface area (TPSA) is 81.4 Å². The quantitative estimate of drug-likeness (QED) is 0.866. The summed E-state index contributed by atoms with van der Waals surface area (Å²) < 4.78 is 5.65. The van der Waals surface area contributed by atoms with Gasteiger partial charge < -0.3 is 15.8 Å². The monoisotopic (exact) mass is 306 g/mol. The zero-order valence-corrected chi connectivity index (χ0v) is 12.1. The van der Waals surface area contributed by atoms with E-state index in [2.05, 4.69) is 5.32 Å². The first-order valence-corrected chi connectivity index (χ1v) is 7.36. The van der Waals surface area contributed by atoms with Gasteiger partial charge in [-0.1, -0.05) is 11.6 Å². The Morgan fingerprint density at radius 3 is 2.76 bits per heavy atom. The van der Waals surface area contributed by atoms with Crippen LogP contribution in [0, 0.1) is 0 Å². The van der Waals surface area contributed by atoms with E-state index in [-0.39, 0.29) is 29.2 Å². The van der Waals surface area contributed by atoms with Crippen molar-refractivity contribution in [3.63, 3.8) is 0 Å². The van der Waals surface area contributed by atoms with Crippen molar-refractivity contribution in [1.29, 1.82) is 0 Å². The molecule has 0 aromatic heterocycles. The van der Waals surface area contributed by atoms with Gasteiger partial charge in [0.05, 0.1) is 12.0 Å². The number of nitrogens with two attached hydrogens (primary N) is 1. The molecule has 0 saturated heterocycles. The molecule has 3 aliphatic carbocycles. The first-order valence-electron chi connectivity index (χ1n) is 6.99. The molecular weight excluding hydrogens is 292 g/mol. The van der Waals surface area contributed by atoms with Crippen molar-refractivity contribution in [2.24, 2.45) is 5.73 Å². The summed E-state index contributed by atoms with van der Waals surface area (Å²) in [7, 11) is 0. The number of halogens is 1. The standard InChI is InChI=1S/C15H15ClN2O3/c16-8-1-2-11-9(3-8)10(19)4-12(21-11)13(20)18-15-5-14(17,6-15)7-15/h1-3,12H,4-7,17H2,(H,18,20). The van der Waals surface area contributed by atoms with Crippen molar-refractivity contribution >= 4 is 23.3 Å². The molecule has 1 atom stereocenters. The van der Waals surface area contributed by atoms with Crippen LogP contribution in [-0.2, 0) is 4.79 Å². The van der Waals surface area contributed by atoms with Gasteiger partial charge in [0, 0.05) is 16.1 Å². The lowest BCUT2D eigenvalue weighted by atomic mass is 9.44. The van der Waals surface area contributed by atoms with Crippen molar-refractivity contribution in [3.8, 4) is 5.75 Å². The Kier molecular flexibility index (Phi) is 2.49. The highest BCUT2D eigenvalue weighted by atomic mass is 35.5. The number of hydrogen-bond acceptors (Lipinski definition) is 4. The van der Waals surface area contributed by atoms with Crippen molar-refractivity contribution in [2.75, 3.05) is 0 Å². The average molecular weight is 307 g/mol. The number of nitrogens with one attached hydrogen (secondary N) is 1. The number of ether oxygens (including phenoxy) is 1. The van der Waals surface area contributed by atoms with Crippen LogP contribution in [0.3, 0.4) is 0 Å². The summed E-state index contributed by atoms with van der Waals surface area (Å²) in [5.41, 5.74) is 6.20. The van der Waals surface area contributed by atoms with Gasteiger partial charge in [-0.3, -0.25) is 9.59 Å². The molecule has 21 heavy (non-hydrogen) atoms. The van der Waals surface area contributed by atoms with Crippen LogP contribution < -0.4 is 15.8 Å². The Hall–Kier alpha value is -1.59. The van der Waals surface area contributed by atoms with Gasteiger partial charge in [0.15, 0.2) is 11.9 Å². The molecular formula is C15H15ClN2O3. The lowest BCUT2D eigenvalue weighted by Crippen LogP contribution is -2.82. The fourth-order valence-corrected chi connectivity index (χ4v) is 3.96. The molecule has 1 heterocycles. The van der Waals surface area contributed by atoms with Crippen LogP contribution in [0.2, 0.25) is 5.02 Å². The molecule has 3 N–H and O–H groups in total. The number of carbonyl (C=O) groups excluding carboxylic acids is 2. The van der Waals surface area contributed by atoms with Crippen molar-refractivity contribution in [3.05, 3.63) is 28.8 Å². The van der Waals surface area contributed by atoms with Gasteiger partial charge in [0.1, 0.15) is 5.75 Å². The number of ketones is 1. The molecule has 3 fully saturated rings. The summed E-state index contributed by atoms with van der Waals surface area (Å²) in [5.74, 6) is 0.0705. The second-order valence-corrected chi connectivity index (χ2v) is 6.97. The molecule has 5 rings (SSSR count). The Morgan fingerprint density at radius 2 is 2.10 bits per heavy atom. The van der Waals surface area contributed by atoms with Crippen LogP contribution in [0.25, 0.3) is 0 Å². The highest BCUT2D eigenvalue weighted by molar-refractivity contribution is 6.31. The molecule has 1 aromatic carbocycles. The highest BCUT2D eigenvalue weighted by Gasteiger charge is 2.66. The highest BCUT2D eigenvalue weighted by Crippen LogP contribution is 2.58. The SMILES string of the molecule is NC12CC(NC(=O)C3CC(=O)c4cc(Cl)ccc4O3)(C1)C2. The lowest BCUT2D eigenvalue weighted by molar-refractivity contribution is -0.142. The van der Waals surface area contributed by atoms with Crippen LogP contribution in [0.4, 0.5) is 0 Å². The third-order valence-corrected chi connectivity index (χ3v) is 4.87. The Labute approximate surface area is 126 Å². The van der Waals surface area contributed by atoms with Gasteiger partial charge in [-0.2, -0.15) is 0 Å². The molecule has 1 aromatic rings. The van der Waals surface area contributed by atoms with Gasteiger partial charge in [-0.15, -0.1) is 0 Å². The minimum absolute atomic E-state index is 0.0447. The van der Waals surface area contributed by atoms with E-state index >= 15 is 0 Å². The van der Waals surface area contributed by atoms with E-state index in [1.54, 1.807) is 18.2 Å². The number of rotatable bonds is 2. The van der Waals surface area contributed by atoms with E-state index < -0.39 is 6.10 Å². The first kappa shape index (κ1) is 13.1. The van der Waals surface area contributed by atoms with E-state index in [1.807, 2.05) is 0 Å². The van der Waals surface area contributed by atoms with E-state index in [0.717, 1.165) is 19.3 Å². The minimum atomic E-state index is -0.770. The van der Waals surface area contributed by atoms with Gasteiger partial charge in [0.2, 0.25) is 0 Å². The van der Waals surface area contributed by atoms with Gasteiger partial charge >= 0.3 is 0 Å². The predicted octanol–water partition coefficient (Wildman–Crippen LogP) is 1.42. The van der Waals surface area contributed by atoms with Crippen LogP contribution in [0.5, 0.6) is 5.75 Å². The predicted molar refractivity (Wildman–Crippen MR) is 76.5 cm³/mol. The molecule has 5 nitrogen and oxygen atoms in total. The van der Waals surface area contributed by atoms with Crippen LogP contribution in [0.1, 0.15) is 36.0 Å². The van der Waals surface area contributed by atoms with Gasteiger partial charge in [-0.25, -0.2) is 0 Å². The fraction of sp³-hybridized carbons (Fsp3) is 0.467. The summed E-state index contributed by atoms with van der Waals surface area (Å²) in [6, 6.07) is 4.85. The summed E-state index contributed by atoms with van der Waals surface area (Å²) >= 11 is 5.87. The third-order valence-electron chi connectivity index (χ3n) is 4.63. The molecule has 6 heteroatoms. The van der Waals surface area contributed by atoms with E-state index in [0.29, 0.717) is 16.3 Å². The van der Waals surface area contributed by atoms with Gasteiger partial charge in [-0.05, 0) is 37.5 Å².